The molecule has 4 aromatic carbocycles. The Morgan fingerprint density at radius 2 is 1.52 bits per heavy atom. The van der Waals surface area contributed by atoms with Crippen LogP contribution >= 0.6 is 0 Å². The Hall–Kier alpha value is -4.70. The molecule has 2 amide bonds. The predicted octanol–water partition coefficient (Wildman–Crippen LogP) is 6.43. The quantitative estimate of drug-likeness (QED) is 0.167. The summed E-state index contributed by atoms with van der Waals surface area (Å²) in [5.41, 5.74) is 2.68. The minimum absolute atomic E-state index is 0.00245. The Morgan fingerprint density at radius 1 is 0.875 bits per heavy atom. The first kappa shape index (κ1) is 34.6. The van der Waals surface area contributed by atoms with E-state index in [0.29, 0.717) is 23.6 Å². The van der Waals surface area contributed by atoms with Crippen molar-refractivity contribution in [2.45, 2.75) is 69.5 Å². The van der Waals surface area contributed by atoms with E-state index in [1.54, 1.807) is 48.5 Å². The van der Waals surface area contributed by atoms with Crippen molar-refractivity contribution in [3.05, 3.63) is 126 Å². The molecular weight excluding hydrogens is 629 g/mol. The molecule has 4 aromatic rings. The highest BCUT2D eigenvalue weighted by molar-refractivity contribution is 7.92. The van der Waals surface area contributed by atoms with Gasteiger partial charge in [0, 0.05) is 19.0 Å². The van der Waals surface area contributed by atoms with Gasteiger partial charge in [-0.25, -0.2) is 12.8 Å². The second-order valence-corrected chi connectivity index (χ2v) is 14.0. The van der Waals surface area contributed by atoms with Crippen LogP contribution in [-0.2, 0) is 32.6 Å². The maximum atomic E-state index is 14.6. The van der Waals surface area contributed by atoms with E-state index in [0.717, 1.165) is 41.1 Å². The first-order valence-electron chi connectivity index (χ1n) is 16.3. The van der Waals surface area contributed by atoms with Crippen molar-refractivity contribution in [3.63, 3.8) is 0 Å². The average Bonchev–Trinajstić information content (AvgIpc) is 3.60. The maximum absolute atomic E-state index is 14.6. The number of hydrogen-bond donors (Lipinski definition) is 1. The largest absolute Gasteiger partial charge is 0.494 e. The molecule has 0 aliphatic heterocycles. The molecule has 0 radical (unpaired) electrons. The third kappa shape index (κ3) is 8.80. The van der Waals surface area contributed by atoms with Crippen molar-refractivity contribution >= 4 is 27.5 Å². The fraction of sp³-hybridized carbons (Fsp3) is 0.316. The van der Waals surface area contributed by atoms with E-state index in [1.165, 1.54) is 29.2 Å². The molecule has 1 N–H and O–H groups in total. The number of hydrogen-bond acceptors (Lipinski definition) is 5. The number of halogens is 1. The van der Waals surface area contributed by atoms with Gasteiger partial charge in [-0.3, -0.25) is 13.9 Å². The Morgan fingerprint density at radius 3 is 2.15 bits per heavy atom. The van der Waals surface area contributed by atoms with Gasteiger partial charge in [0.1, 0.15) is 24.2 Å². The lowest BCUT2D eigenvalue weighted by Gasteiger charge is -2.34. The number of ether oxygens (including phenoxy) is 1. The summed E-state index contributed by atoms with van der Waals surface area (Å²) in [6, 6.07) is 27.1. The summed E-state index contributed by atoms with van der Waals surface area (Å²) in [5, 5.41) is 3.16. The average molecular weight is 672 g/mol. The van der Waals surface area contributed by atoms with E-state index in [-0.39, 0.29) is 29.8 Å². The van der Waals surface area contributed by atoms with Crippen LogP contribution in [0, 0.1) is 12.7 Å². The molecule has 1 saturated carbocycles. The van der Waals surface area contributed by atoms with Gasteiger partial charge < -0.3 is 15.0 Å². The fourth-order valence-electron chi connectivity index (χ4n) is 5.95. The highest BCUT2D eigenvalue weighted by atomic mass is 32.2. The number of benzene rings is 4. The number of anilines is 1. The lowest BCUT2D eigenvalue weighted by Crippen LogP contribution is -2.54. The second-order valence-electron chi connectivity index (χ2n) is 12.1. The Kier molecular flexibility index (Phi) is 11.5. The first-order chi connectivity index (χ1) is 23.1. The molecule has 1 aliphatic carbocycles. The molecule has 0 unspecified atom stereocenters. The molecule has 48 heavy (non-hydrogen) atoms. The molecule has 0 spiro atoms. The highest BCUT2D eigenvalue weighted by Crippen LogP contribution is 2.27. The zero-order valence-corrected chi connectivity index (χ0v) is 28.2. The van der Waals surface area contributed by atoms with Crippen molar-refractivity contribution in [1.29, 1.82) is 0 Å². The van der Waals surface area contributed by atoms with Crippen LogP contribution in [0.3, 0.4) is 0 Å². The fourth-order valence-corrected chi connectivity index (χ4v) is 7.36. The van der Waals surface area contributed by atoms with Crippen LogP contribution in [0.1, 0.15) is 49.3 Å². The molecule has 0 aromatic heterocycles. The Labute approximate surface area is 282 Å². The molecule has 1 atom stereocenters. The van der Waals surface area contributed by atoms with Crippen molar-refractivity contribution in [1.82, 2.24) is 10.2 Å². The molecule has 10 heteroatoms. The molecule has 252 valence electrons. The van der Waals surface area contributed by atoms with E-state index >= 15 is 0 Å². The molecular formula is C38H42FN3O5S. The second kappa shape index (κ2) is 15.9. The zero-order chi connectivity index (χ0) is 34.1. The lowest BCUT2D eigenvalue weighted by atomic mass is 10.0. The highest BCUT2D eigenvalue weighted by Gasteiger charge is 2.35. The molecule has 5 rings (SSSR count). The van der Waals surface area contributed by atoms with Gasteiger partial charge in [0.2, 0.25) is 11.8 Å². The number of carbonyl (C=O) groups is 2. The zero-order valence-electron chi connectivity index (χ0n) is 27.3. The number of rotatable bonds is 14. The summed E-state index contributed by atoms with van der Waals surface area (Å²) >= 11 is 0. The molecule has 1 fully saturated rings. The number of nitrogens with zero attached hydrogens (tertiary/aromatic N) is 2. The van der Waals surface area contributed by atoms with Gasteiger partial charge >= 0.3 is 0 Å². The summed E-state index contributed by atoms with van der Waals surface area (Å²) < 4.78 is 49.0. The van der Waals surface area contributed by atoms with E-state index in [9.17, 15) is 22.4 Å². The van der Waals surface area contributed by atoms with Gasteiger partial charge in [-0.05, 0) is 86.3 Å². The Balaban J connectivity index is 1.55. The van der Waals surface area contributed by atoms with Crippen LogP contribution in [0.4, 0.5) is 10.1 Å². The van der Waals surface area contributed by atoms with Gasteiger partial charge in [0.05, 0.1) is 17.2 Å². The standard InChI is InChI=1S/C38H42FN3O5S/c1-3-47-34-21-23-35(24-22-34)48(45,46)42(33-19-13-28(2)14-20-33)27-37(43)41(26-30-15-17-31(39)18-16-30)36(25-29-9-5-4-6-10-29)38(44)40-32-11-7-8-12-32/h4-6,9-10,13-24,32,36H,3,7-8,11-12,25-27H2,1-2H3,(H,40,44)/t36-/m0/s1. The van der Waals surface area contributed by atoms with E-state index in [1.807, 2.05) is 44.2 Å². The summed E-state index contributed by atoms with van der Waals surface area (Å²) in [6.45, 7) is 3.56. The van der Waals surface area contributed by atoms with Crippen molar-refractivity contribution in [2.75, 3.05) is 17.5 Å². The van der Waals surface area contributed by atoms with Crippen LogP contribution in [-0.4, -0.2) is 50.4 Å². The van der Waals surface area contributed by atoms with Gasteiger partial charge in [-0.1, -0.05) is 73.0 Å². The summed E-state index contributed by atoms with van der Waals surface area (Å²) in [4.78, 5) is 30.1. The topological polar surface area (TPSA) is 96.0 Å². The van der Waals surface area contributed by atoms with E-state index < -0.39 is 34.3 Å². The first-order valence-corrected chi connectivity index (χ1v) is 17.8. The smallest absolute Gasteiger partial charge is 0.264 e. The van der Waals surface area contributed by atoms with Crippen LogP contribution < -0.4 is 14.4 Å². The lowest BCUT2D eigenvalue weighted by molar-refractivity contribution is -0.140. The number of aryl methyl sites for hydroxylation is 1. The molecule has 0 saturated heterocycles. The maximum Gasteiger partial charge on any atom is 0.264 e. The summed E-state index contributed by atoms with van der Waals surface area (Å²) in [6.07, 6.45) is 3.96. The minimum atomic E-state index is -4.25. The molecule has 0 heterocycles. The molecule has 0 bridgehead atoms. The summed E-state index contributed by atoms with van der Waals surface area (Å²) in [7, 11) is -4.25. The van der Waals surface area contributed by atoms with Crippen LogP contribution in [0.2, 0.25) is 0 Å². The van der Waals surface area contributed by atoms with E-state index in [4.69, 9.17) is 4.74 Å². The third-order valence-corrected chi connectivity index (χ3v) is 10.4. The number of carbonyl (C=O) groups excluding carboxylic acids is 2. The SMILES string of the molecule is CCOc1ccc(S(=O)(=O)N(CC(=O)N(Cc2ccc(F)cc2)[C@@H](Cc2ccccc2)C(=O)NC2CCCC2)c2ccc(C)cc2)cc1. The van der Waals surface area contributed by atoms with Gasteiger partial charge in [-0.2, -0.15) is 0 Å². The monoisotopic (exact) mass is 671 g/mol. The normalized spacial score (nSPS) is 13.9. The van der Waals surface area contributed by atoms with Crippen LogP contribution in [0.15, 0.2) is 108 Å². The third-order valence-electron chi connectivity index (χ3n) is 8.56. The van der Waals surface area contributed by atoms with Crippen molar-refractivity contribution in [3.8, 4) is 5.75 Å². The van der Waals surface area contributed by atoms with Crippen LogP contribution in [0.5, 0.6) is 5.75 Å². The number of amides is 2. The molecule has 1 aliphatic rings. The number of sulfonamides is 1. The number of nitrogens with one attached hydrogen (secondary N) is 1. The minimum Gasteiger partial charge on any atom is -0.494 e. The van der Waals surface area contributed by atoms with E-state index in [2.05, 4.69) is 5.32 Å². The van der Waals surface area contributed by atoms with Gasteiger partial charge in [0.25, 0.3) is 10.0 Å². The predicted molar refractivity (Wildman–Crippen MR) is 185 cm³/mol. The summed E-state index contributed by atoms with van der Waals surface area (Å²) in [5.74, 6) is -0.783. The van der Waals surface area contributed by atoms with Crippen molar-refractivity contribution < 1.29 is 27.1 Å². The van der Waals surface area contributed by atoms with Gasteiger partial charge in [-0.15, -0.1) is 0 Å². The van der Waals surface area contributed by atoms with Gasteiger partial charge in [0.15, 0.2) is 0 Å². The molecule has 8 nitrogen and oxygen atoms in total. The van der Waals surface area contributed by atoms with Crippen LogP contribution in [0.25, 0.3) is 0 Å². The Bertz CT molecular complexity index is 1760. The van der Waals surface area contributed by atoms with Crippen molar-refractivity contribution in [2.24, 2.45) is 0 Å².